The number of aryl methyl sites for hydroxylation is 1. The fourth-order valence-corrected chi connectivity index (χ4v) is 2.05. The molecule has 0 spiro atoms. The van der Waals surface area contributed by atoms with Gasteiger partial charge in [0.1, 0.15) is 6.61 Å². The second kappa shape index (κ2) is 6.02. The lowest BCUT2D eigenvalue weighted by Crippen LogP contribution is -2.28. The van der Waals surface area contributed by atoms with Crippen LogP contribution in [-0.4, -0.2) is 45.5 Å². The summed E-state index contributed by atoms with van der Waals surface area (Å²) in [4.78, 5) is 21.2. The predicted molar refractivity (Wildman–Crippen MR) is 71.7 cm³/mol. The quantitative estimate of drug-likeness (QED) is 0.895. The van der Waals surface area contributed by atoms with Crippen molar-refractivity contribution < 1.29 is 19.3 Å². The number of carbonyl (C=O) groups excluding carboxylic acids is 1. The number of hydrogen-bond acceptors (Lipinski definition) is 6. The topological polar surface area (TPSA) is 88.7 Å². The summed E-state index contributed by atoms with van der Waals surface area (Å²) in [6.45, 7) is 0.363. The normalized spacial score (nSPS) is 18.1. The van der Waals surface area contributed by atoms with Crippen LogP contribution in [0.1, 0.15) is 12.3 Å². The van der Waals surface area contributed by atoms with Gasteiger partial charge in [0.25, 0.3) is 0 Å². The molecule has 1 aliphatic rings. The lowest BCUT2D eigenvalue weighted by Gasteiger charge is -2.12. The van der Waals surface area contributed by atoms with Crippen molar-refractivity contribution in [2.75, 3.05) is 13.2 Å². The van der Waals surface area contributed by atoms with Gasteiger partial charge >= 0.3 is 0 Å². The van der Waals surface area contributed by atoms with Gasteiger partial charge in [-0.25, -0.2) is 5.06 Å². The van der Waals surface area contributed by atoms with E-state index >= 15 is 0 Å². The number of aromatic nitrogens is 2. The van der Waals surface area contributed by atoms with Crippen molar-refractivity contribution in [2.24, 2.45) is 0 Å². The summed E-state index contributed by atoms with van der Waals surface area (Å²) in [6.07, 6.45) is -0.0698. The molecule has 2 aromatic rings. The molecule has 1 aliphatic heterocycles. The molecular weight excluding hydrogens is 274 g/mol. The summed E-state index contributed by atoms with van der Waals surface area (Å²) in [5.74, 6) is 0.707. The zero-order chi connectivity index (χ0) is 14.7. The smallest absolute Gasteiger partial charge is 0.246 e. The fourth-order valence-electron chi connectivity index (χ4n) is 2.05. The molecule has 110 valence electrons. The van der Waals surface area contributed by atoms with Crippen LogP contribution in [0.5, 0.6) is 0 Å². The lowest BCUT2D eigenvalue weighted by atomic mass is 10.2. The Morgan fingerprint density at radius 2 is 2.19 bits per heavy atom. The van der Waals surface area contributed by atoms with E-state index in [4.69, 9.17) is 9.36 Å². The number of hydroxylamine groups is 2. The molecule has 7 nitrogen and oxygen atoms in total. The number of β-amino-alcohol motifs (C(OH)–C–C–N with tert-alkyl or cyclic N) is 1. The fraction of sp³-hybridized carbons (Fsp3) is 0.357. The van der Waals surface area contributed by atoms with Gasteiger partial charge in [0, 0.05) is 18.4 Å². The monoisotopic (exact) mass is 289 g/mol. The van der Waals surface area contributed by atoms with E-state index in [0.717, 1.165) is 5.56 Å². The molecule has 2 heterocycles. The third-order valence-electron chi connectivity index (χ3n) is 3.13. The van der Waals surface area contributed by atoms with E-state index in [9.17, 15) is 9.90 Å². The van der Waals surface area contributed by atoms with Gasteiger partial charge in [-0.1, -0.05) is 35.5 Å². The molecule has 1 fully saturated rings. The SMILES string of the molecule is O=C(CCc1nc(-c2ccccc2)no1)N1C[C@@H](O)CO1. The number of benzene rings is 1. The van der Waals surface area contributed by atoms with Crippen molar-refractivity contribution in [3.8, 4) is 11.4 Å². The Morgan fingerprint density at radius 1 is 1.38 bits per heavy atom. The van der Waals surface area contributed by atoms with E-state index in [1.807, 2.05) is 30.3 Å². The first-order valence-corrected chi connectivity index (χ1v) is 6.72. The molecule has 0 aliphatic carbocycles. The number of rotatable bonds is 4. The Kier molecular flexibility index (Phi) is 3.94. The van der Waals surface area contributed by atoms with Gasteiger partial charge in [-0.15, -0.1) is 0 Å². The highest BCUT2D eigenvalue weighted by Crippen LogP contribution is 2.16. The second-order valence-corrected chi connectivity index (χ2v) is 4.78. The van der Waals surface area contributed by atoms with E-state index in [1.54, 1.807) is 0 Å². The van der Waals surface area contributed by atoms with Crippen LogP contribution < -0.4 is 0 Å². The van der Waals surface area contributed by atoms with Gasteiger partial charge in [-0.3, -0.25) is 9.63 Å². The number of aliphatic hydroxyl groups excluding tert-OH is 1. The zero-order valence-corrected chi connectivity index (χ0v) is 11.3. The molecule has 3 rings (SSSR count). The molecule has 1 aromatic heterocycles. The lowest BCUT2D eigenvalue weighted by molar-refractivity contribution is -0.168. The highest BCUT2D eigenvalue weighted by Gasteiger charge is 2.26. The standard InChI is InChI=1S/C14H15N3O4/c18-11-8-17(20-9-11)13(19)7-6-12-15-14(16-21-12)10-4-2-1-3-5-10/h1-5,11,18H,6-9H2/t11-/m1/s1. The van der Waals surface area contributed by atoms with Gasteiger partial charge in [0.15, 0.2) is 0 Å². The summed E-state index contributed by atoms with van der Waals surface area (Å²) < 4.78 is 5.13. The van der Waals surface area contributed by atoms with Crippen LogP contribution in [0, 0.1) is 0 Å². The number of amides is 1. The summed E-state index contributed by atoms with van der Waals surface area (Å²) in [5.41, 5.74) is 0.866. The van der Waals surface area contributed by atoms with Crippen molar-refractivity contribution in [1.82, 2.24) is 15.2 Å². The predicted octanol–water partition coefficient (Wildman–Crippen LogP) is 0.804. The van der Waals surface area contributed by atoms with Crippen LogP contribution in [0.4, 0.5) is 0 Å². The maximum Gasteiger partial charge on any atom is 0.246 e. The molecule has 0 saturated carbocycles. The molecule has 1 amide bonds. The zero-order valence-electron chi connectivity index (χ0n) is 11.3. The Morgan fingerprint density at radius 3 is 2.90 bits per heavy atom. The molecule has 1 atom stereocenters. The van der Waals surface area contributed by atoms with E-state index in [0.29, 0.717) is 18.1 Å². The summed E-state index contributed by atoms with van der Waals surface area (Å²) in [7, 11) is 0. The molecular formula is C14H15N3O4. The summed E-state index contributed by atoms with van der Waals surface area (Å²) >= 11 is 0. The van der Waals surface area contributed by atoms with Crippen molar-refractivity contribution in [3.05, 3.63) is 36.2 Å². The summed E-state index contributed by atoms with van der Waals surface area (Å²) in [5, 5.41) is 14.4. The molecule has 0 radical (unpaired) electrons. The number of carbonyl (C=O) groups is 1. The number of aliphatic hydroxyl groups is 1. The molecule has 1 aromatic carbocycles. The van der Waals surface area contributed by atoms with Crippen LogP contribution in [0.15, 0.2) is 34.9 Å². The van der Waals surface area contributed by atoms with Gasteiger partial charge < -0.3 is 9.63 Å². The first-order chi connectivity index (χ1) is 10.2. The molecule has 0 unspecified atom stereocenters. The average Bonchev–Trinajstić information content (AvgIpc) is 3.15. The Labute approximate surface area is 121 Å². The third-order valence-corrected chi connectivity index (χ3v) is 3.13. The van der Waals surface area contributed by atoms with Gasteiger partial charge in [0.2, 0.25) is 17.6 Å². The molecule has 0 bridgehead atoms. The minimum atomic E-state index is -0.609. The maximum absolute atomic E-state index is 11.8. The van der Waals surface area contributed by atoms with Crippen molar-refractivity contribution in [3.63, 3.8) is 0 Å². The number of hydrogen-bond donors (Lipinski definition) is 1. The van der Waals surface area contributed by atoms with E-state index in [-0.39, 0.29) is 25.5 Å². The van der Waals surface area contributed by atoms with E-state index < -0.39 is 6.10 Å². The third kappa shape index (κ3) is 3.26. The van der Waals surface area contributed by atoms with Crippen LogP contribution >= 0.6 is 0 Å². The number of nitrogens with zero attached hydrogens (tertiary/aromatic N) is 3. The summed E-state index contributed by atoms with van der Waals surface area (Å²) in [6, 6.07) is 9.47. The van der Waals surface area contributed by atoms with E-state index in [1.165, 1.54) is 5.06 Å². The van der Waals surface area contributed by atoms with Crippen LogP contribution in [0.2, 0.25) is 0 Å². The van der Waals surface area contributed by atoms with Crippen LogP contribution in [0.25, 0.3) is 11.4 Å². The minimum Gasteiger partial charge on any atom is -0.389 e. The largest absolute Gasteiger partial charge is 0.389 e. The van der Waals surface area contributed by atoms with Crippen molar-refractivity contribution in [2.45, 2.75) is 18.9 Å². The van der Waals surface area contributed by atoms with Gasteiger partial charge in [0.05, 0.1) is 12.6 Å². The van der Waals surface area contributed by atoms with Crippen molar-refractivity contribution in [1.29, 1.82) is 0 Å². The van der Waals surface area contributed by atoms with E-state index in [2.05, 4.69) is 10.1 Å². The molecule has 7 heteroatoms. The Hall–Kier alpha value is -2.25. The van der Waals surface area contributed by atoms with Gasteiger partial charge in [-0.05, 0) is 0 Å². The van der Waals surface area contributed by atoms with Crippen LogP contribution in [0.3, 0.4) is 0 Å². The highest BCUT2D eigenvalue weighted by molar-refractivity contribution is 5.75. The average molecular weight is 289 g/mol. The second-order valence-electron chi connectivity index (χ2n) is 4.78. The Balaban J connectivity index is 1.57. The minimum absolute atomic E-state index is 0.157. The highest BCUT2D eigenvalue weighted by atomic mass is 16.7. The molecule has 1 saturated heterocycles. The molecule has 21 heavy (non-hydrogen) atoms. The first kappa shape index (κ1) is 13.7. The first-order valence-electron chi connectivity index (χ1n) is 6.72. The van der Waals surface area contributed by atoms with Crippen molar-refractivity contribution >= 4 is 5.91 Å². The maximum atomic E-state index is 11.8. The van der Waals surface area contributed by atoms with Crippen LogP contribution in [-0.2, 0) is 16.1 Å². The van der Waals surface area contributed by atoms with Gasteiger partial charge in [-0.2, -0.15) is 4.98 Å². The Bertz CT molecular complexity index is 614. The molecule has 1 N–H and O–H groups in total.